The molecule has 3 nitrogen and oxygen atoms in total. The Balaban J connectivity index is 2.92. The van der Waals surface area contributed by atoms with Gasteiger partial charge < -0.3 is 10.8 Å². The van der Waals surface area contributed by atoms with Crippen LogP contribution < -0.4 is 5.73 Å². The highest BCUT2D eigenvalue weighted by atomic mass is 79.9. The molecule has 0 saturated carbocycles. The second kappa shape index (κ2) is 3.18. The van der Waals surface area contributed by atoms with Crippen molar-refractivity contribution in [2.24, 2.45) is 5.73 Å². The molecule has 0 radical (unpaired) electrons. The fraction of sp³-hybridized carbons (Fsp3) is 0.500. The minimum Gasteiger partial charge on any atom is -0.394 e. The van der Waals surface area contributed by atoms with Crippen LogP contribution >= 0.6 is 27.3 Å². The van der Waals surface area contributed by atoms with Crippen LogP contribution in [0.3, 0.4) is 0 Å². The number of nitrogens with two attached hydrogens (primary N) is 1. The molecule has 1 heterocycles. The molecule has 0 aliphatic rings. The van der Waals surface area contributed by atoms with E-state index in [0.29, 0.717) is 0 Å². The van der Waals surface area contributed by atoms with E-state index < -0.39 is 5.54 Å². The summed E-state index contributed by atoms with van der Waals surface area (Å²) in [6.07, 6.45) is 0. The fourth-order valence-corrected chi connectivity index (χ4v) is 1.91. The molecule has 3 N–H and O–H groups in total. The van der Waals surface area contributed by atoms with E-state index in [1.54, 1.807) is 6.92 Å². The number of rotatable bonds is 2. The first-order valence-electron chi connectivity index (χ1n) is 3.07. The van der Waals surface area contributed by atoms with Crippen molar-refractivity contribution < 1.29 is 5.11 Å². The highest BCUT2D eigenvalue weighted by Gasteiger charge is 2.23. The highest BCUT2D eigenvalue weighted by Crippen LogP contribution is 2.23. The molecular weight excluding hydrogens is 228 g/mol. The minimum atomic E-state index is -0.712. The van der Waals surface area contributed by atoms with Gasteiger partial charge in [0.25, 0.3) is 0 Å². The zero-order chi connectivity index (χ0) is 8.48. The first-order chi connectivity index (χ1) is 5.06. The third-order valence-electron chi connectivity index (χ3n) is 1.29. The third kappa shape index (κ3) is 1.99. The summed E-state index contributed by atoms with van der Waals surface area (Å²) < 4.78 is 0.766. The summed E-state index contributed by atoms with van der Waals surface area (Å²) in [7, 11) is 0. The molecule has 1 rings (SSSR count). The Morgan fingerprint density at radius 2 is 2.55 bits per heavy atom. The van der Waals surface area contributed by atoms with Gasteiger partial charge in [-0.1, -0.05) is 0 Å². The van der Waals surface area contributed by atoms with E-state index in [1.807, 2.05) is 5.38 Å². The highest BCUT2D eigenvalue weighted by molar-refractivity contribution is 9.10. The molecular formula is C6H9BrN2OS. The predicted molar refractivity (Wildman–Crippen MR) is 48.4 cm³/mol. The van der Waals surface area contributed by atoms with Gasteiger partial charge in [0.1, 0.15) is 9.61 Å². The maximum atomic E-state index is 8.88. The summed E-state index contributed by atoms with van der Waals surface area (Å²) in [4.78, 5) is 4.10. The van der Waals surface area contributed by atoms with Crippen LogP contribution in [0.1, 0.15) is 11.9 Å². The number of halogens is 1. The van der Waals surface area contributed by atoms with Crippen molar-refractivity contribution in [2.45, 2.75) is 12.5 Å². The van der Waals surface area contributed by atoms with Gasteiger partial charge in [-0.25, -0.2) is 4.98 Å². The van der Waals surface area contributed by atoms with Crippen LogP contribution in [-0.2, 0) is 5.54 Å². The first kappa shape index (κ1) is 9.12. The van der Waals surface area contributed by atoms with E-state index in [9.17, 15) is 0 Å². The Morgan fingerprint density at radius 3 is 2.91 bits per heavy atom. The van der Waals surface area contributed by atoms with Crippen LogP contribution in [0.2, 0.25) is 0 Å². The number of hydrogen-bond donors (Lipinski definition) is 2. The van der Waals surface area contributed by atoms with Gasteiger partial charge in [-0.15, -0.1) is 11.3 Å². The lowest BCUT2D eigenvalue weighted by molar-refractivity contribution is 0.209. The van der Waals surface area contributed by atoms with Gasteiger partial charge in [-0.3, -0.25) is 0 Å². The first-order valence-corrected chi connectivity index (χ1v) is 4.75. The average Bonchev–Trinajstić information content (AvgIpc) is 2.36. The zero-order valence-corrected chi connectivity index (χ0v) is 8.44. The maximum Gasteiger partial charge on any atom is 0.117 e. The molecule has 1 aromatic rings. The number of nitrogens with zero attached hydrogens (tertiary/aromatic N) is 1. The molecule has 0 bridgehead atoms. The molecule has 11 heavy (non-hydrogen) atoms. The van der Waals surface area contributed by atoms with E-state index in [1.165, 1.54) is 11.3 Å². The lowest BCUT2D eigenvalue weighted by Crippen LogP contribution is -2.36. The Labute approximate surface area is 77.4 Å². The molecule has 62 valence electrons. The number of thiazole rings is 1. The standard InChI is InChI=1S/C6H9BrN2OS/c1-6(8,3-10)5-9-4(7)2-11-5/h2,10H,3,8H2,1H3/t6-/m1/s1. The Hall–Kier alpha value is 0.0300. The summed E-state index contributed by atoms with van der Waals surface area (Å²) in [6.45, 7) is 1.66. The van der Waals surface area contributed by atoms with E-state index >= 15 is 0 Å². The van der Waals surface area contributed by atoms with Gasteiger partial charge in [0.2, 0.25) is 0 Å². The van der Waals surface area contributed by atoms with Crippen LogP contribution in [0.4, 0.5) is 0 Å². The Bertz CT molecular complexity index is 248. The van der Waals surface area contributed by atoms with E-state index in [0.717, 1.165) is 9.61 Å². The molecule has 1 aromatic heterocycles. The van der Waals surface area contributed by atoms with Crippen molar-refractivity contribution in [1.29, 1.82) is 0 Å². The third-order valence-corrected chi connectivity index (χ3v) is 3.12. The SMILES string of the molecule is C[C@@](N)(CO)c1nc(Br)cs1. The van der Waals surface area contributed by atoms with Gasteiger partial charge >= 0.3 is 0 Å². The summed E-state index contributed by atoms with van der Waals surface area (Å²) in [6, 6.07) is 0. The van der Waals surface area contributed by atoms with Crippen LogP contribution in [-0.4, -0.2) is 16.7 Å². The summed E-state index contributed by atoms with van der Waals surface area (Å²) in [5, 5.41) is 11.5. The Morgan fingerprint density at radius 1 is 1.91 bits per heavy atom. The lowest BCUT2D eigenvalue weighted by atomic mass is 10.1. The van der Waals surface area contributed by atoms with Crippen molar-refractivity contribution in [2.75, 3.05) is 6.61 Å². The van der Waals surface area contributed by atoms with E-state index in [2.05, 4.69) is 20.9 Å². The number of aliphatic hydroxyl groups excluding tert-OH is 1. The topological polar surface area (TPSA) is 59.1 Å². The van der Waals surface area contributed by atoms with Gasteiger partial charge in [-0.05, 0) is 22.9 Å². The predicted octanol–water partition coefficient (Wildman–Crippen LogP) is 1.07. The smallest absolute Gasteiger partial charge is 0.117 e. The van der Waals surface area contributed by atoms with Gasteiger partial charge in [-0.2, -0.15) is 0 Å². The summed E-state index contributed by atoms with van der Waals surface area (Å²) >= 11 is 4.65. The molecule has 0 unspecified atom stereocenters. The van der Waals surface area contributed by atoms with E-state index in [-0.39, 0.29) is 6.61 Å². The maximum absolute atomic E-state index is 8.88. The second-order valence-corrected chi connectivity index (χ2v) is 4.22. The quantitative estimate of drug-likeness (QED) is 0.808. The molecule has 0 aromatic carbocycles. The summed E-state index contributed by atoms with van der Waals surface area (Å²) in [5.74, 6) is 0. The molecule has 0 aliphatic heterocycles. The largest absolute Gasteiger partial charge is 0.394 e. The van der Waals surface area contributed by atoms with E-state index in [4.69, 9.17) is 10.8 Å². The molecule has 0 spiro atoms. The van der Waals surface area contributed by atoms with Crippen LogP contribution in [0.15, 0.2) is 9.98 Å². The number of aliphatic hydroxyl groups is 1. The molecule has 5 heteroatoms. The molecule has 0 amide bonds. The van der Waals surface area contributed by atoms with Crippen molar-refractivity contribution in [3.05, 3.63) is 15.0 Å². The fourth-order valence-electron chi connectivity index (χ4n) is 0.584. The molecule has 0 saturated heterocycles. The van der Waals surface area contributed by atoms with Crippen molar-refractivity contribution in [1.82, 2.24) is 4.98 Å². The average molecular weight is 237 g/mol. The number of aromatic nitrogens is 1. The van der Waals surface area contributed by atoms with Crippen LogP contribution in [0.5, 0.6) is 0 Å². The number of hydrogen-bond acceptors (Lipinski definition) is 4. The lowest BCUT2D eigenvalue weighted by Gasteiger charge is -2.17. The monoisotopic (exact) mass is 236 g/mol. The van der Waals surface area contributed by atoms with Gasteiger partial charge in [0.15, 0.2) is 0 Å². The van der Waals surface area contributed by atoms with Crippen molar-refractivity contribution in [3.63, 3.8) is 0 Å². The van der Waals surface area contributed by atoms with Crippen LogP contribution in [0, 0.1) is 0 Å². The van der Waals surface area contributed by atoms with Gasteiger partial charge in [0, 0.05) is 5.38 Å². The van der Waals surface area contributed by atoms with Crippen molar-refractivity contribution in [3.8, 4) is 0 Å². The van der Waals surface area contributed by atoms with Crippen LogP contribution in [0.25, 0.3) is 0 Å². The summed E-state index contributed by atoms with van der Waals surface area (Å²) in [5.41, 5.74) is 5.02. The normalized spacial score (nSPS) is 16.4. The van der Waals surface area contributed by atoms with Gasteiger partial charge in [0.05, 0.1) is 12.1 Å². The Kier molecular flexibility index (Phi) is 2.64. The zero-order valence-electron chi connectivity index (χ0n) is 6.04. The molecule has 0 aliphatic carbocycles. The molecule has 0 fully saturated rings. The second-order valence-electron chi connectivity index (χ2n) is 2.55. The minimum absolute atomic E-state index is 0.0903. The van der Waals surface area contributed by atoms with Crippen molar-refractivity contribution >= 4 is 27.3 Å². The molecule has 1 atom stereocenters.